The molecule has 0 saturated heterocycles. The molecule has 0 bridgehead atoms. The van der Waals surface area contributed by atoms with Gasteiger partial charge >= 0.3 is 5.97 Å². The van der Waals surface area contributed by atoms with Crippen LogP contribution in [-0.2, 0) is 17.6 Å². The molecule has 0 spiro atoms. The van der Waals surface area contributed by atoms with Crippen LogP contribution in [0.3, 0.4) is 0 Å². The first-order chi connectivity index (χ1) is 11.6. The first-order valence-corrected chi connectivity index (χ1v) is 9.46. The number of aryl methyl sites for hydroxylation is 1. The van der Waals surface area contributed by atoms with Gasteiger partial charge in [-0.25, -0.2) is 4.79 Å². The predicted molar refractivity (Wildman–Crippen MR) is 99.3 cm³/mol. The van der Waals surface area contributed by atoms with Crippen molar-refractivity contribution in [2.45, 2.75) is 25.7 Å². The Morgan fingerprint density at radius 3 is 2.62 bits per heavy atom. The van der Waals surface area contributed by atoms with E-state index in [1.165, 1.54) is 12.0 Å². The fourth-order valence-electron chi connectivity index (χ4n) is 2.91. The number of nitrogens with one attached hydrogen (secondary N) is 1. The molecule has 4 nitrogen and oxygen atoms in total. The van der Waals surface area contributed by atoms with Gasteiger partial charge in [0.05, 0.1) is 19.2 Å². The van der Waals surface area contributed by atoms with Crippen LogP contribution in [-0.4, -0.2) is 25.4 Å². The van der Waals surface area contributed by atoms with Gasteiger partial charge in [-0.1, -0.05) is 28.1 Å². The number of ketones is 1. The molecule has 0 unspecified atom stereocenters. The number of benzene rings is 1. The Kier molecular flexibility index (Phi) is 5.36. The van der Waals surface area contributed by atoms with Crippen LogP contribution in [0.1, 0.15) is 44.0 Å². The number of fused-ring (bicyclic) bond motifs is 1. The van der Waals surface area contributed by atoms with E-state index < -0.39 is 0 Å². The van der Waals surface area contributed by atoms with Crippen molar-refractivity contribution in [2.75, 3.05) is 19.0 Å². The number of carbonyl (C=O) groups excluding carboxylic acids is 2. The predicted octanol–water partition coefficient (Wildman–Crippen LogP) is 4.47. The lowest BCUT2D eigenvalue weighted by Gasteiger charge is -2.11. The first kappa shape index (κ1) is 17.2. The van der Waals surface area contributed by atoms with Crippen LogP contribution in [0.15, 0.2) is 28.7 Å². The van der Waals surface area contributed by atoms with Gasteiger partial charge in [-0.15, -0.1) is 11.3 Å². The zero-order valence-electron chi connectivity index (χ0n) is 13.4. The zero-order valence-corrected chi connectivity index (χ0v) is 15.8. The standard InChI is InChI=1S/C18H18BrNO3S/c1-23-18(22)16-13-4-2-3-5-15(13)24-17(16)20-10-14(21)11-6-8-12(19)9-7-11/h6-9,20H,2-5,10H2,1H3. The van der Waals surface area contributed by atoms with Crippen LogP contribution < -0.4 is 5.32 Å². The van der Waals surface area contributed by atoms with Crippen molar-refractivity contribution in [1.29, 1.82) is 0 Å². The maximum absolute atomic E-state index is 12.3. The van der Waals surface area contributed by atoms with Crippen LogP contribution in [0, 0.1) is 0 Å². The minimum Gasteiger partial charge on any atom is -0.465 e. The maximum Gasteiger partial charge on any atom is 0.341 e. The highest BCUT2D eigenvalue weighted by molar-refractivity contribution is 9.10. The minimum atomic E-state index is -0.326. The molecule has 1 aromatic heterocycles. The van der Waals surface area contributed by atoms with Gasteiger partial charge in [0.2, 0.25) is 0 Å². The van der Waals surface area contributed by atoms with Crippen molar-refractivity contribution in [3.05, 3.63) is 50.3 Å². The van der Waals surface area contributed by atoms with Crippen LogP contribution in [0.25, 0.3) is 0 Å². The molecule has 3 rings (SSSR count). The zero-order chi connectivity index (χ0) is 17.1. The molecule has 0 aliphatic heterocycles. The minimum absolute atomic E-state index is 0.00955. The average molecular weight is 408 g/mol. The fraction of sp³-hybridized carbons (Fsp3) is 0.333. The molecular formula is C18H18BrNO3S. The third kappa shape index (κ3) is 3.54. The summed E-state index contributed by atoms with van der Waals surface area (Å²) in [4.78, 5) is 25.7. The molecule has 0 atom stereocenters. The van der Waals surface area contributed by atoms with E-state index in [4.69, 9.17) is 4.74 Å². The van der Waals surface area contributed by atoms with Crippen molar-refractivity contribution in [3.63, 3.8) is 0 Å². The van der Waals surface area contributed by atoms with Gasteiger partial charge < -0.3 is 10.1 Å². The second kappa shape index (κ2) is 7.49. The van der Waals surface area contributed by atoms with Crippen molar-refractivity contribution < 1.29 is 14.3 Å². The molecule has 0 fully saturated rings. The Balaban J connectivity index is 1.79. The molecule has 0 radical (unpaired) electrons. The fourth-order valence-corrected chi connectivity index (χ4v) is 4.44. The van der Waals surface area contributed by atoms with Crippen LogP contribution in [0.2, 0.25) is 0 Å². The number of ether oxygens (including phenoxy) is 1. The quantitative estimate of drug-likeness (QED) is 0.586. The Labute approximate surface area is 153 Å². The van der Waals surface area contributed by atoms with E-state index >= 15 is 0 Å². The van der Waals surface area contributed by atoms with Gasteiger partial charge in [-0.05, 0) is 43.4 Å². The van der Waals surface area contributed by atoms with E-state index in [0.29, 0.717) is 11.1 Å². The first-order valence-electron chi connectivity index (χ1n) is 7.85. The number of rotatable bonds is 5. The SMILES string of the molecule is COC(=O)c1c(NCC(=O)c2ccc(Br)cc2)sc2c1CCCC2. The van der Waals surface area contributed by atoms with E-state index in [1.807, 2.05) is 12.1 Å². The number of halogens is 1. The molecule has 0 saturated carbocycles. The Morgan fingerprint density at radius 2 is 1.92 bits per heavy atom. The number of Topliss-reactive ketones (excluding diaryl/α,β-unsaturated/α-hetero) is 1. The Morgan fingerprint density at radius 1 is 1.21 bits per heavy atom. The smallest absolute Gasteiger partial charge is 0.341 e. The van der Waals surface area contributed by atoms with Gasteiger partial charge in [-0.2, -0.15) is 0 Å². The van der Waals surface area contributed by atoms with Crippen molar-refractivity contribution >= 4 is 44.0 Å². The molecule has 1 aliphatic rings. The highest BCUT2D eigenvalue weighted by Crippen LogP contribution is 2.38. The molecule has 2 aromatic rings. The normalized spacial score (nSPS) is 13.2. The molecule has 1 N–H and O–H groups in total. The van der Waals surface area contributed by atoms with E-state index in [0.717, 1.165) is 40.7 Å². The topological polar surface area (TPSA) is 55.4 Å². The number of hydrogen-bond acceptors (Lipinski definition) is 5. The highest BCUT2D eigenvalue weighted by atomic mass is 79.9. The van der Waals surface area contributed by atoms with E-state index in [1.54, 1.807) is 23.5 Å². The van der Waals surface area contributed by atoms with E-state index in [2.05, 4.69) is 21.2 Å². The summed E-state index contributed by atoms with van der Waals surface area (Å²) in [5.74, 6) is -0.335. The summed E-state index contributed by atoms with van der Waals surface area (Å²) < 4.78 is 5.88. The molecular weight excluding hydrogens is 390 g/mol. The number of anilines is 1. The van der Waals surface area contributed by atoms with Gasteiger partial charge in [0, 0.05) is 14.9 Å². The summed E-state index contributed by atoms with van der Waals surface area (Å²) >= 11 is 4.93. The lowest BCUT2D eigenvalue weighted by molar-refractivity contribution is 0.0600. The largest absolute Gasteiger partial charge is 0.465 e. The molecule has 0 amide bonds. The summed E-state index contributed by atoms with van der Waals surface area (Å²) in [5, 5.41) is 3.90. The maximum atomic E-state index is 12.3. The lowest BCUT2D eigenvalue weighted by Crippen LogP contribution is -2.16. The Bertz CT molecular complexity index is 767. The number of carbonyl (C=O) groups is 2. The average Bonchev–Trinajstić information content (AvgIpc) is 2.98. The molecule has 126 valence electrons. The summed E-state index contributed by atoms with van der Waals surface area (Å²) in [6.07, 6.45) is 4.13. The van der Waals surface area contributed by atoms with Crippen molar-refractivity contribution in [2.24, 2.45) is 0 Å². The summed E-state index contributed by atoms with van der Waals surface area (Å²) in [7, 11) is 1.39. The summed E-state index contributed by atoms with van der Waals surface area (Å²) in [6.45, 7) is 0.158. The van der Waals surface area contributed by atoms with Crippen LogP contribution in [0.5, 0.6) is 0 Å². The molecule has 24 heavy (non-hydrogen) atoms. The molecule has 1 heterocycles. The van der Waals surface area contributed by atoms with Crippen LogP contribution >= 0.6 is 27.3 Å². The summed E-state index contributed by atoms with van der Waals surface area (Å²) in [5.41, 5.74) is 2.35. The third-order valence-corrected chi connectivity index (χ3v) is 5.91. The Hall–Kier alpha value is -1.66. The molecule has 1 aromatic carbocycles. The summed E-state index contributed by atoms with van der Waals surface area (Å²) in [6, 6.07) is 7.26. The number of thiophene rings is 1. The van der Waals surface area contributed by atoms with Crippen LogP contribution in [0.4, 0.5) is 5.00 Å². The lowest BCUT2D eigenvalue weighted by atomic mass is 9.95. The number of hydrogen-bond donors (Lipinski definition) is 1. The van der Waals surface area contributed by atoms with Gasteiger partial charge in [0.1, 0.15) is 5.00 Å². The van der Waals surface area contributed by atoms with E-state index in [9.17, 15) is 9.59 Å². The second-order valence-corrected chi connectivity index (χ2v) is 7.71. The highest BCUT2D eigenvalue weighted by Gasteiger charge is 2.26. The van der Waals surface area contributed by atoms with Gasteiger partial charge in [-0.3, -0.25) is 4.79 Å². The van der Waals surface area contributed by atoms with Gasteiger partial charge in [0.25, 0.3) is 0 Å². The van der Waals surface area contributed by atoms with Gasteiger partial charge in [0.15, 0.2) is 5.78 Å². The number of esters is 1. The molecule has 1 aliphatic carbocycles. The van der Waals surface area contributed by atoms with E-state index in [-0.39, 0.29) is 18.3 Å². The van der Waals surface area contributed by atoms with Crippen molar-refractivity contribution in [3.8, 4) is 0 Å². The van der Waals surface area contributed by atoms with Crippen molar-refractivity contribution in [1.82, 2.24) is 0 Å². The molecule has 6 heteroatoms. The monoisotopic (exact) mass is 407 g/mol. The second-order valence-electron chi connectivity index (χ2n) is 5.69. The third-order valence-electron chi connectivity index (χ3n) is 4.14. The number of methoxy groups -OCH3 is 1.